The molecule has 1 aromatic carbocycles. The Morgan fingerprint density at radius 2 is 1.65 bits per heavy atom. The molecule has 0 amide bonds. The van der Waals surface area contributed by atoms with Crippen molar-refractivity contribution >= 4 is 28.5 Å². The van der Waals surface area contributed by atoms with Crippen molar-refractivity contribution in [3.63, 3.8) is 0 Å². The van der Waals surface area contributed by atoms with Crippen molar-refractivity contribution in [2.45, 2.75) is 65.7 Å². The van der Waals surface area contributed by atoms with Crippen LogP contribution in [0.3, 0.4) is 0 Å². The first-order valence-corrected chi connectivity index (χ1v) is 18.3. The fourth-order valence-electron chi connectivity index (χ4n) is 3.98. The van der Waals surface area contributed by atoms with Gasteiger partial charge in [0.15, 0.2) is 0 Å². The molecule has 9 nitrogen and oxygen atoms in total. The summed E-state index contributed by atoms with van der Waals surface area (Å²) in [5, 5.41) is 0. The maximum Gasteiger partial charge on any atom is 0.388 e. The number of rotatable bonds is 14. The number of carbonyl (C=O) groups is 1. The fraction of sp³-hybridized carbons (Fsp3) is 0.583. The molecule has 37 heavy (non-hydrogen) atoms. The van der Waals surface area contributed by atoms with Crippen molar-refractivity contribution in [1.29, 1.82) is 0 Å². The summed E-state index contributed by atoms with van der Waals surface area (Å²) in [5.41, 5.74) is 1.57. The molecular formula is C24H36FN2O7P3. The third-order valence-electron chi connectivity index (χ3n) is 5.77. The van der Waals surface area contributed by atoms with Crippen LogP contribution in [0.5, 0.6) is 0 Å². The summed E-state index contributed by atoms with van der Waals surface area (Å²) in [6.07, 6.45) is 6.44. The minimum absolute atomic E-state index is 0.160. The molecule has 0 radical (unpaired) electrons. The van der Waals surface area contributed by atoms with Crippen molar-refractivity contribution in [1.82, 2.24) is 9.55 Å². The zero-order valence-electron chi connectivity index (χ0n) is 22.0. The maximum absolute atomic E-state index is 14.9. The first-order chi connectivity index (χ1) is 17.3. The molecule has 0 N–H and O–H groups in total. The Morgan fingerprint density at radius 3 is 2.24 bits per heavy atom. The van der Waals surface area contributed by atoms with Crippen molar-refractivity contribution in [3.8, 4) is 5.69 Å². The highest BCUT2D eigenvalue weighted by atomic mass is 31.3. The molecule has 206 valence electrons. The van der Waals surface area contributed by atoms with Gasteiger partial charge in [0.25, 0.3) is 0 Å². The normalized spacial score (nSPS) is 18.5. The van der Waals surface area contributed by atoms with Gasteiger partial charge in [-0.15, -0.1) is 0 Å². The Kier molecular flexibility index (Phi) is 9.80. The Hall–Kier alpha value is -1.56. The summed E-state index contributed by atoms with van der Waals surface area (Å²) in [5.74, 6) is -1.65. The predicted octanol–water partition coefficient (Wildman–Crippen LogP) is 7.91. The molecule has 1 heterocycles. The second kappa shape index (κ2) is 12.1. The summed E-state index contributed by atoms with van der Waals surface area (Å²) in [4.78, 5) is 17.5. The number of halogens is 1. The van der Waals surface area contributed by atoms with E-state index in [0.29, 0.717) is 30.0 Å². The van der Waals surface area contributed by atoms with Crippen LogP contribution in [0.4, 0.5) is 4.39 Å². The number of nitrogens with zero attached hydrogens (tertiary/aromatic N) is 2. The van der Waals surface area contributed by atoms with Crippen LogP contribution in [0.15, 0.2) is 24.7 Å². The van der Waals surface area contributed by atoms with Gasteiger partial charge >= 0.3 is 21.2 Å². The Bertz CT molecular complexity index is 1280. The quantitative estimate of drug-likeness (QED) is 0.209. The van der Waals surface area contributed by atoms with E-state index in [1.54, 1.807) is 38.6 Å². The standard InChI is InChI=1S/C24H36FN2O7P3/c1-6-11-35(5,29)33-37(31,13-8-3)34-36(30,12-7-2)32-24(28)20-15-23(18(4)14-21(20)25)27-16-22(26-17-27)19-9-10-19/h14-17,19H,6-13H2,1-5H3. The van der Waals surface area contributed by atoms with Gasteiger partial charge in [0.2, 0.25) is 7.37 Å². The van der Waals surface area contributed by atoms with Gasteiger partial charge in [-0.05, 0) is 56.7 Å². The third kappa shape index (κ3) is 7.97. The Balaban J connectivity index is 1.89. The molecule has 0 saturated heterocycles. The minimum Gasteiger partial charge on any atom is -0.388 e. The lowest BCUT2D eigenvalue weighted by Crippen LogP contribution is -2.11. The van der Waals surface area contributed by atoms with Gasteiger partial charge in [0.05, 0.1) is 35.6 Å². The van der Waals surface area contributed by atoms with Crippen LogP contribution in [0.2, 0.25) is 0 Å². The number of aromatic nitrogens is 2. The third-order valence-corrected chi connectivity index (χ3v) is 13.8. The number of hydrogen-bond donors (Lipinski definition) is 0. The van der Waals surface area contributed by atoms with E-state index < -0.39 is 39.9 Å². The van der Waals surface area contributed by atoms with Gasteiger partial charge in [-0.25, -0.2) is 23.0 Å². The molecule has 2 aromatic rings. The highest BCUT2D eigenvalue weighted by Gasteiger charge is 2.42. The van der Waals surface area contributed by atoms with Gasteiger partial charge in [0, 0.05) is 24.9 Å². The summed E-state index contributed by atoms with van der Waals surface area (Å²) in [6, 6.07) is 2.50. The van der Waals surface area contributed by atoms with E-state index >= 15 is 0 Å². The van der Waals surface area contributed by atoms with Crippen LogP contribution in [0.25, 0.3) is 5.69 Å². The van der Waals surface area contributed by atoms with Crippen LogP contribution in [-0.2, 0) is 26.8 Å². The Morgan fingerprint density at radius 1 is 1.03 bits per heavy atom. The smallest absolute Gasteiger partial charge is 0.388 e. The van der Waals surface area contributed by atoms with Crippen molar-refractivity contribution < 1.29 is 36.0 Å². The second-order valence-corrected chi connectivity index (χ2v) is 16.8. The molecule has 3 atom stereocenters. The molecule has 0 aliphatic heterocycles. The summed E-state index contributed by atoms with van der Waals surface area (Å²) in [7, 11) is -11.8. The van der Waals surface area contributed by atoms with E-state index in [9.17, 15) is 22.9 Å². The number of hydrogen-bond acceptors (Lipinski definition) is 8. The SMILES string of the molecule is CCCP(C)(=O)OP(=O)(CCC)OP(=O)(CCC)OC(=O)c1cc(-n2cnc(C3CC3)c2)c(C)cc1F. The molecule has 1 aromatic heterocycles. The molecule has 0 bridgehead atoms. The number of aryl methyl sites for hydroxylation is 1. The molecular weight excluding hydrogens is 540 g/mol. The van der Waals surface area contributed by atoms with Crippen LogP contribution < -0.4 is 0 Å². The summed E-state index contributed by atoms with van der Waals surface area (Å²) < 4.78 is 72.5. The number of carbonyl (C=O) groups excluding carboxylic acids is 1. The van der Waals surface area contributed by atoms with Crippen molar-refractivity contribution in [2.24, 2.45) is 0 Å². The van der Waals surface area contributed by atoms with E-state index in [2.05, 4.69) is 4.98 Å². The monoisotopic (exact) mass is 576 g/mol. The Labute approximate surface area is 218 Å². The van der Waals surface area contributed by atoms with E-state index in [1.807, 2.05) is 6.20 Å². The molecule has 1 fully saturated rings. The average molecular weight is 576 g/mol. The fourth-order valence-corrected chi connectivity index (χ4v) is 11.8. The first-order valence-electron chi connectivity index (χ1n) is 12.6. The van der Waals surface area contributed by atoms with Gasteiger partial charge < -0.3 is 9.09 Å². The van der Waals surface area contributed by atoms with Gasteiger partial charge in [0.1, 0.15) is 5.82 Å². The maximum atomic E-state index is 14.9. The van der Waals surface area contributed by atoms with Gasteiger partial charge in [-0.2, -0.15) is 0 Å². The molecule has 0 spiro atoms. The highest BCUT2D eigenvalue weighted by Crippen LogP contribution is 2.71. The number of imidazole rings is 1. The molecule has 1 saturated carbocycles. The van der Waals surface area contributed by atoms with Crippen LogP contribution >= 0.6 is 22.6 Å². The van der Waals surface area contributed by atoms with Gasteiger partial charge in [-0.1, -0.05) is 20.8 Å². The lowest BCUT2D eigenvalue weighted by atomic mass is 10.1. The second-order valence-electron chi connectivity index (χ2n) is 9.55. The minimum atomic E-state index is -4.36. The molecule has 3 rings (SSSR count). The molecule has 1 aliphatic carbocycles. The summed E-state index contributed by atoms with van der Waals surface area (Å²) >= 11 is 0. The lowest BCUT2D eigenvalue weighted by molar-refractivity contribution is 0.0715. The van der Waals surface area contributed by atoms with Crippen LogP contribution in [-0.4, -0.2) is 40.7 Å². The molecule has 3 unspecified atom stereocenters. The number of benzene rings is 1. The van der Waals surface area contributed by atoms with Crippen molar-refractivity contribution in [2.75, 3.05) is 25.2 Å². The van der Waals surface area contributed by atoms with E-state index in [4.69, 9.17) is 13.1 Å². The predicted molar refractivity (Wildman–Crippen MR) is 142 cm³/mol. The van der Waals surface area contributed by atoms with E-state index in [-0.39, 0.29) is 24.9 Å². The van der Waals surface area contributed by atoms with E-state index in [0.717, 1.165) is 18.5 Å². The van der Waals surface area contributed by atoms with Gasteiger partial charge in [-0.3, -0.25) is 13.4 Å². The highest BCUT2D eigenvalue weighted by molar-refractivity contribution is 7.74. The van der Waals surface area contributed by atoms with Crippen molar-refractivity contribution in [3.05, 3.63) is 47.3 Å². The zero-order valence-corrected chi connectivity index (χ0v) is 24.7. The van der Waals surface area contributed by atoms with E-state index in [1.165, 1.54) is 18.8 Å². The largest absolute Gasteiger partial charge is 0.388 e. The first kappa shape index (κ1) is 30.0. The molecule has 13 heteroatoms. The lowest BCUT2D eigenvalue weighted by Gasteiger charge is -2.26. The zero-order chi connectivity index (χ0) is 27.4. The molecule has 1 aliphatic rings. The summed E-state index contributed by atoms with van der Waals surface area (Å²) in [6.45, 7) is 8.23. The average Bonchev–Trinajstić information content (AvgIpc) is 3.50. The van der Waals surface area contributed by atoms with Crippen LogP contribution in [0, 0.1) is 12.7 Å². The van der Waals surface area contributed by atoms with Crippen LogP contribution in [0.1, 0.15) is 80.4 Å². The topological polar surface area (TPSA) is 114 Å².